The SMILES string of the molecule is COCC1CN(C(=O)/C=C/CN(C)C)CCN1c1ncc(-c2ccc(OC)c(Nc3ncc(C(=O)Nc4ccccc4F)s3)n2)cc1N1CC(C)(C#N)C1. The summed E-state index contributed by atoms with van der Waals surface area (Å²) >= 11 is 1.09. The number of likely N-dealkylation sites (N-methyl/N-ethyl adjacent to an activating group) is 1. The van der Waals surface area contributed by atoms with Gasteiger partial charge in [0.25, 0.3) is 5.91 Å². The van der Waals surface area contributed by atoms with Crippen LogP contribution >= 0.6 is 11.3 Å². The molecule has 16 heteroatoms. The molecule has 14 nitrogen and oxygen atoms in total. The maximum Gasteiger partial charge on any atom is 0.267 e. The number of carbonyl (C=O) groups excluding carboxylic acids is 2. The van der Waals surface area contributed by atoms with Crippen LogP contribution in [0.5, 0.6) is 5.75 Å². The lowest BCUT2D eigenvalue weighted by atomic mass is 9.83. The smallest absolute Gasteiger partial charge is 0.267 e. The number of methoxy groups -OCH3 is 2. The maximum atomic E-state index is 14.1. The molecule has 2 aliphatic heterocycles. The van der Waals surface area contributed by atoms with E-state index in [1.165, 1.54) is 25.4 Å². The summed E-state index contributed by atoms with van der Waals surface area (Å²) in [5.74, 6) is 0.503. The minimum atomic E-state index is -0.536. The van der Waals surface area contributed by atoms with E-state index in [-0.39, 0.29) is 22.5 Å². The number of para-hydroxylation sites is 1. The largest absolute Gasteiger partial charge is 0.493 e. The normalized spacial score (nSPS) is 16.6. The van der Waals surface area contributed by atoms with Crippen molar-refractivity contribution in [2.24, 2.45) is 5.41 Å². The summed E-state index contributed by atoms with van der Waals surface area (Å²) in [6.07, 6.45) is 6.67. The lowest BCUT2D eigenvalue weighted by Crippen LogP contribution is -2.58. The van der Waals surface area contributed by atoms with Gasteiger partial charge in [0.15, 0.2) is 22.5 Å². The highest BCUT2D eigenvalue weighted by Gasteiger charge is 2.42. The van der Waals surface area contributed by atoms with Crippen LogP contribution < -0.4 is 25.2 Å². The Morgan fingerprint density at radius 2 is 1.94 bits per heavy atom. The molecule has 2 amide bonds. The third-order valence-corrected chi connectivity index (χ3v) is 10.1. The highest BCUT2D eigenvalue weighted by atomic mass is 32.1. The fourth-order valence-electron chi connectivity index (χ4n) is 6.36. The zero-order valence-electron chi connectivity index (χ0n) is 30.9. The molecule has 5 heterocycles. The summed E-state index contributed by atoms with van der Waals surface area (Å²) in [5, 5.41) is 15.9. The van der Waals surface area contributed by atoms with Gasteiger partial charge in [-0.05, 0) is 51.4 Å². The Morgan fingerprint density at radius 3 is 2.67 bits per heavy atom. The molecule has 282 valence electrons. The first-order valence-electron chi connectivity index (χ1n) is 17.4. The molecule has 0 bridgehead atoms. The van der Waals surface area contributed by atoms with E-state index in [4.69, 9.17) is 19.4 Å². The van der Waals surface area contributed by atoms with E-state index in [0.717, 1.165) is 28.4 Å². The number of pyridine rings is 2. The summed E-state index contributed by atoms with van der Waals surface area (Å²) in [4.78, 5) is 48.5. The topological polar surface area (TPSA) is 152 Å². The van der Waals surface area contributed by atoms with Gasteiger partial charge in [-0.15, -0.1) is 0 Å². The number of benzene rings is 1. The van der Waals surface area contributed by atoms with E-state index in [2.05, 4.69) is 31.5 Å². The Kier molecular flexibility index (Phi) is 11.7. The number of amides is 2. The second kappa shape index (κ2) is 16.6. The lowest BCUT2D eigenvalue weighted by Gasteiger charge is -2.48. The number of anilines is 5. The van der Waals surface area contributed by atoms with Crippen molar-refractivity contribution in [1.82, 2.24) is 24.8 Å². The van der Waals surface area contributed by atoms with E-state index in [1.807, 2.05) is 49.0 Å². The molecule has 6 rings (SSSR count). The van der Waals surface area contributed by atoms with Crippen LogP contribution in [0.15, 0.2) is 67.0 Å². The van der Waals surface area contributed by atoms with Crippen LogP contribution in [0.1, 0.15) is 16.6 Å². The summed E-state index contributed by atoms with van der Waals surface area (Å²) in [6.45, 7) is 5.61. The van der Waals surface area contributed by atoms with Crippen molar-refractivity contribution >= 4 is 51.3 Å². The Balaban J connectivity index is 1.26. The van der Waals surface area contributed by atoms with Crippen molar-refractivity contribution < 1.29 is 23.5 Å². The highest BCUT2D eigenvalue weighted by molar-refractivity contribution is 7.17. The summed E-state index contributed by atoms with van der Waals surface area (Å²) in [6, 6.07) is 13.9. The molecule has 2 fully saturated rings. The van der Waals surface area contributed by atoms with Crippen LogP contribution in [-0.4, -0.2) is 117 Å². The fourth-order valence-corrected chi connectivity index (χ4v) is 7.07. The Bertz CT molecular complexity index is 2060. The number of rotatable bonds is 13. The first kappa shape index (κ1) is 38.1. The van der Waals surface area contributed by atoms with Gasteiger partial charge in [-0.2, -0.15) is 5.26 Å². The Hall–Kier alpha value is -5.63. The number of ether oxygens (including phenoxy) is 2. The number of carbonyl (C=O) groups is 2. The minimum Gasteiger partial charge on any atom is -0.493 e. The van der Waals surface area contributed by atoms with Gasteiger partial charge in [0.1, 0.15) is 10.7 Å². The van der Waals surface area contributed by atoms with Crippen LogP contribution in [-0.2, 0) is 9.53 Å². The Morgan fingerprint density at radius 1 is 1.15 bits per heavy atom. The average Bonchev–Trinajstić information content (AvgIpc) is 3.63. The van der Waals surface area contributed by atoms with Gasteiger partial charge in [0.05, 0.1) is 54.5 Å². The van der Waals surface area contributed by atoms with E-state index in [9.17, 15) is 19.2 Å². The molecule has 1 aromatic carbocycles. The van der Waals surface area contributed by atoms with E-state index >= 15 is 0 Å². The molecule has 54 heavy (non-hydrogen) atoms. The molecule has 1 atom stereocenters. The van der Waals surface area contributed by atoms with E-state index in [0.29, 0.717) is 68.3 Å². The average molecular weight is 755 g/mol. The van der Waals surface area contributed by atoms with Crippen LogP contribution in [0, 0.1) is 22.6 Å². The zero-order valence-corrected chi connectivity index (χ0v) is 31.7. The standard InChI is InChI=1S/C38H43FN10O4S/c1-38(22-40)23-48(24-38)30-17-25(18-41-35(30)49-16-15-47(20-26(49)21-52-4)33(50)11-8-14-46(2)3)28-12-13-31(53-5)34(43-28)45-37-42-19-32(54-37)36(51)44-29-10-7-6-9-27(29)39/h6-13,17-19,26H,14-16,20-21,23-24H2,1-5H3,(H,44,51)(H,42,43,45)/b11-8+. The number of nitrogens with zero attached hydrogens (tertiary/aromatic N) is 8. The number of aromatic nitrogens is 3. The van der Waals surface area contributed by atoms with Gasteiger partial charge in [0.2, 0.25) is 5.91 Å². The summed E-state index contributed by atoms with van der Waals surface area (Å²) < 4.78 is 25.3. The van der Waals surface area contributed by atoms with Crippen molar-refractivity contribution in [1.29, 1.82) is 5.26 Å². The molecular weight excluding hydrogens is 712 g/mol. The lowest BCUT2D eigenvalue weighted by molar-refractivity contribution is -0.127. The van der Waals surface area contributed by atoms with Gasteiger partial charge in [-0.25, -0.2) is 19.3 Å². The van der Waals surface area contributed by atoms with Crippen molar-refractivity contribution in [3.8, 4) is 23.1 Å². The number of nitrogens with one attached hydrogen (secondary N) is 2. The fraction of sp³-hybridized carbons (Fsp3) is 0.368. The number of nitriles is 1. The number of piperazine rings is 1. The predicted molar refractivity (Wildman–Crippen MR) is 207 cm³/mol. The first-order chi connectivity index (χ1) is 26.0. The van der Waals surface area contributed by atoms with Crippen LogP contribution in [0.4, 0.5) is 32.5 Å². The monoisotopic (exact) mass is 754 g/mol. The van der Waals surface area contributed by atoms with Crippen molar-refractivity contribution in [2.45, 2.75) is 13.0 Å². The van der Waals surface area contributed by atoms with Crippen LogP contribution in [0.25, 0.3) is 11.3 Å². The molecule has 0 saturated carbocycles. The minimum absolute atomic E-state index is 0.0385. The predicted octanol–water partition coefficient (Wildman–Crippen LogP) is 4.87. The van der Waals surface area contributed by atoms with Gasteiger partial charge >= 0.3 is 0 Å². The second-order valence-corrected chi connectivity index (χ2v) is 14.7. The highest BCUT2D eigenvalue weighted by Crippen LogP contribution is 2.41. The zero-order chi connectivity index (χ0) is 38.4. The molecule has 0 radical (unpaired) electrons. The third-order valence-electron chi connectivity index (χ3n) is 9.14. The second-order valence-electron chi connectivity index (χ2n) is 13.7. The van der Waals surface area contributed by atoms with Gasteiger partial charge < -0.3 is 39.7 Å². The van der Waals surface area contributed by atoms with E-state index in [1.54, 1.807) is 37.6 Å². The van der Waals surface area contributed by atoms with Crippen molar-refractivity contribution in [3.05, 3.63) is 77.7 Å². The quantitative estimate of drug-likeness (QED) is 0.179. The van der Waals surface area contributed by atoms with Gasteiger partial charge in [-0.1, -0.05) is 29.5 Å². The van der Waals surface area contributed by atoms with Crippen molar-refractivity contribution in [2.75, 3.05) is 94.6 Å². The molecule has 0 aliphatic carbocycles. The first-order valence-corrected chi connectivity index (χ1v) is 18.2. The Labute approximate surface area is 317 Å². The molecule has 3 aromatic heterocycles. The van der Waals surface area contributed by atoms with Gasteiger partial charge in [-0.3, -0.25) is 9.59 Å². The molecule has 2 aliphatic rings. The molecule has 2 N–H and O–H groups in total. The maximum absolute atomic E-state index is 14.1. The van der Waals surface area contributed by atoms with Crippen molar-refractivity contribution in [3.63, 3.8) is 0 Å². The van der Waals surface area contributed by atoms with E-state index < -0.39 is 17.1 Å². The number of hydrogen-bond acceptors (Lipinski definition) is 13. The number of halogens is 1. The molecule has 1 unspecified atom stereocenters. The summed E-state index contributed by atoms with van der Waals surface area (Å²) in [7, 11) is 7.09. The molecule has 0 spiro atoms. The molecule has 2 saturated heterocycles. The third kappa shape index (κ3) is 8.60. The van der Waals surface area contributed by atoms with Crippen LogP contribution in [0.2, 0.25) is 0 Å². The summed E-state index contributed by atoms with van der Waals surface area (Å²) in [5.41, 5.74) is 1.77. The number of hydrogen-bond donors (Lipinski definition) is 2. The molecule has 4 aromatic rings. The van der Waals surface area contributed by atoms with Crippen LogP contribution in [0.3, 0.4) is 0 Å². The van der Waals surface area contributed by atoms with Gasteiger partial charge in [0, 0.05) is 64.2 Å². The molecular formula is C38H43FN10O4S. The number of thiazole rings is 1.